The maximum Gasteiger partial charge on any atom is 0.450 e. The topological polar surface area (TPSA) is 57.8 Å². The Bertz CT molecular complexity index is 747. The monoisotopic (exact) mass is 341 g/mol. The lowest BCUT2D eigenvalue weighted by molar-refractivity contribution is -0.145. The maximum atomic E-state index is 13.1. The van der Waals surface area contributed by atoms with Gasteiger partial charge in [-0.15, -0.1) is 0 Å². The van der Waals surface area contributed by atoms with Gasteiger partial charge >= 0.3 is 6.18 Å². The molecule has 1 saturated heterocycles. The van der Waals surface area contributed by atoms with E-state index in [0.29, 0.717) is 25.9 Å². The first-order chi connectivity index (χ1) is 11.3. The number of fused-ring (bicyclic) bond motifs is 1. The van der Waals surface area contributed by atoms with E-state index in [4.69, 9.17) is 0 Å². The van der Waals surface area contributed by atoms with E-state index in [0.717, 1.165) is 4.40 Å². The summed E-state index contributed by atoms with van der Waals surface area (Å²) in [4.78, 5) is 17.7. The van der Waals surface area contributed by atoms with E-state index < -0.39 is 24.0 Å². The van der Waals surface area contributed by atoms with Crippen LogP contribution in [0.2, 0.25) is 0 Å². The number of rotatable bonds is 2. The minimum Gasteiger partial charge on any atom is -0.393 e. The Balaban J connectivity index is 1.91. The highest BCUT2D eigenvalue weighted by atomic mass is 19.4. The van der Waals surface area contributed by atoms with E-state index >= 15 is 0 Å². The Labute approximate surface area is 136 Å². The van der Waals surface area contributed by atoms with Gasteiger partial charge in [0.1, 0.15) is 0 Å². The first-order valence-corrected chi connectivity index (χ1v) is 7.80. The average molecular weight is 341 g/mol. The summed E-state index contributed by atoms with van der Waals surface area (Å²) in [5.74, 6) is -1.49. The molecule has 0 bridgehead atoms. The quantitative estimate of drug-likeness (QED) is 0.913. The molecule has 1 aliphatic heterocycles. The first-order valence-electron chi connectivity index (χ1n) is 7.80. The maximum absolute atomic E-state index is 13.1. The first kappa shape index (κ1) is 16.8. The average Bonchev–Trinajstić information content (AvgIpc) is 2.94. The molecule has 1 atom stereocenters. The molecule has 2 aromatic heterocycles. The fourth-order valence-corrected chi connectivity index (χ4v) is 3.13. The Morgan fingerprint density at radius 3 is 2.58 bits per heavy atom. The molecule has 130 valence electrons. The molecule has 24 heavy (non-hydrogen) atoms. The third kappa shape index (κ3) is 2.98. The smallest absolute Gasteiger partial charge is 0.393 e. The second-order valence-corrected chi connectivity index (χ2v) is 6.11. The van der Waals surface area contributed by atoms with Crippen LogP contribution in [0.15, 0.2) is 24.4 Å². The number of likely N-dealkylation sites (tertiary alicyclic amines) is 1. The molecule has 1 amide bonds. The molecule has 5 nitrogen and oxygen atoms in total. The van der Waals surface area contributed by atoms with Crippen LogP contribution < -0.4 is 0 Å². The second kappa shape index (κ2) is 6.08. The van der Waals surface area contributed by atoms with Crippen molar-refractivity contribution in [3.05, 3.63) is 35.9 Å². The Morgan fingerprint density at radius 1 is 1.33 bits per heavy atom. The molecular weight excluding hydrogens is 323 g/mol. The number of aliphatic hydroxyl groups is 1. The third-order valence-corrected chi connectivity index (χ3v) is 4.51. The van der Waals surface area contributed by atoms with Crippen LogP contribution in [0.1, 0.15) is 36.1 Å². The molecule has 0 spiro atoms. The van der Waals surface area contributed by atoms with Gasteiger partial charge < -0.3 is 10.0 Å². The predicted molar refractivity (Wildman–Crippen MR) is 80.5 cm³/mol. The van der Waals surface area contributed by atoms with E-state index in [1.165, 1.54) is 23.2 Å². The van der Waals surface area contributed by atoms with Crippen molar-refractivity contribution in [2.45, 2.75) is 32.0 Å². The molecule has 0 radical (unpaired) electrons. The molecule has 2 aromatic rings. The minimum atomic E-state index is -4.64. The highest BCUT2D eigenvalue weighted by molar-refractivity contribution is 5.99. The van der Waals surface area contributed by atoms with Crippen LogP contribution in [0.3, 0.4) is 0 Å². The van der Waals surface area contributed by atoms with Crippen molar-refractivity contribution in [3.63, 3.8) is 0 Å². The molecule has 0 aliphatic carbocycles. The number of halogens is 3. The van der Waals surface area contributed by atoms with Gasteiger partial charge in [0.2, 0.25) is 5.82 Å². The largest absolute Gasteiger partial charge is 0.450 e. The summed E-state index contributed by atoms with van der Waals surface area (Å²) in [6.45, 7) is 2.52. The van der Waals surface area contributed by atoms with Gasteiger partial charge in [-0.1, -0.05) is 6.07 Å². The second-order valence-electron chi connectivity index (χ2n) is 6.11. The predicted octanol–water partition coefficient (Wildman–Crippen LogP) is 2.59. The molecule has 1 N–H and O–H groups in total. The van der Waals surface area contributed by atoms with Crippen molar-refractivity contribution < 1.29 is 23.1 Å². The van der Waals surface area contributed by atoms with Crippen LogP contribution in [-0.2, 0) is 6.18 Å². The number of piperidine rings is 1. The number of hydrogen-bond donors (Lipinski definition) is 1. The van der Waals surface area contributed by atoms with Crippen molar-refractivity contribution in [2.75, 3.05) is 13.1 Å². The van der Waals surface area contributed by atoms with Crippen LogP contribution in [0.25, 0.3) is 5.52 Å². The van der Waals surface area contributed by atoms with E-state index in [1.54, 1.807) is 13.0 Å². The molecular formula is C16H18F3N3O2. The van der Waals surface area contributed by atoms with Crippen LogP contribution in [0.5, 0.6) is 0 Å². The number of alkyl halides is 3. The summed E-state index contributed by atoms with van der Waals surface area (Å²) in [5.41, 5.74) is -0.0362. The van der Waals surface area contributed by atoms with E-state index in [2.05, 4.69) is 4.98 Å². The van der Waals surface area contributed by atoms with Gasteiger partial charge in [-0.3, -0.25) is 9.20 Å². The summed E-state index contributed by atoms with van der Waals surface area (Å²) >= 11 is 0. The molecule has 8 heteroatoms. The lowest BCUT2D eigenvalue weighted by Crippen LogP contribution is -2.41. The van der Waals surface area contributed by atoms with Gasteiger partial charge in [-0.05, 0) is 37.8 Å². The van der Waals surface area contributed by atoms with Crippen molar-refractivity contribution in [3.8, 4) is 0 Å². The summed E-state index contributed by atoms with van der Waals surface area (Å²) in [6, 6.07) is 4.50. The molecule has 1 aliphatic rings. The highest BCUT2D eigenvalue weighted by Crippen LogP contribution is 2.31. The zero-order valence-electron chi connectivity index (χ0n) is 13.1. The summed E-state index contributed by atoms with van der Waals surface area (Å²) in [6.07, 6.45) is -2.58. The van der Waals surface area contributed by atoms with Gasteiger partial charge in [-0.25, -0.2) is 4.98 Å². The minimum absolute atomic E-state index is 0.110. The summed E-state index contributed by atoms with van der Waals surface area (Å²) in [7, 11) is 0. The third-order valence-electron chi connectivity index (χ3n) is 4.51. The molecule has 1 fully saturated rings. The van der Waals surface area contributed by atoms with Gasteiger partial charge in [0.25, 0.3) is 5.91 Å². The summed E-state index contributed by atoms with van der Waals surface area (Å²) in [5, 5.41) is 9.61. The van der Waals surface area contributed by atoms with E-state index in [-0.39, 0.29) is 17.1 Å². The lowest BCUT2D eigenvalue weighted by Gasteiger charge is -2.32. The Kier molecular flexibility index (Phi) is 4.25. The fraction of sp³-hybridized carbons (Fsp3) is 0.500. The van der Waals surface area contributed by atoms with E-state index in [1.807, 2.05) is 0 Å². The van der Waals surface area contributed by atoms with Gasteiger partial charge in [0.15, 0.2) is 5.69 Å². The SMILES string of the molecule is C[C@@H](O)C1CCN(C(=O)c2nc(C(F)(F)F)n3ccccc23)CC1. The molecule has 0 saturated carbocycles. The number of amides is 1. The van der Waals surface area contributed by atoms with Crippen molar-refractivity contribution in [2.24, 2.45) is 5.92 Å². The molecule has 3 rings (SSSR count). The van der Waals surface area contributed by atoms with Gasteiger partial charge in [0.05, 0.1) is 11.6 Å². The van der Waals surface area contributed by atoms with Crippen LogP contribution in [0, 0.1) is 5.92 Å². The zero-order valence-corrected chi connectivity index (χ0v) is 13.1. The number of imidazole rings is 1. The van der Waals surface area contributed by atoms with Gasteiger partial charge in [-0.2, -0.15) is 13.2 Å². The molecule has 3 heterocycles. The standard InChI is InChI=1S/C16H18F3N3O2/c1-10(23)11-5-8-21(9-6-11)14(24)13-12-4-2-3-7-22(12)15(20-13)16(17,18)19/h2-4,7,10-11,23H,5-6,8-9H2,1H3/t10-/m1/s1. The van der Waals surface area contributed by atoms with Gasteiger partial charge in [0, 0.05) is 19.3 Å². The molecule has 0 aromatic carbocycles. The van der Waals surface area contributed by atoms with Crippen LogP contribution in [0.4, 0.5) is 13.2 Å². The number of aromatic nitrogens is 2. The van der Waals surface area contributed by atoms with Crippen molar-refractivity contribution in [1.82, 2.24) is 14.3 Å². The normalized spacial score (nSPS) is 18.1. The van der Waals surface area contributed by atoms with Crippen LogP contribution >= 0.6 is 0 Å². The fourth-order valence-electron chi connectivity index (χ4n) is 3.13. The molecule has 0 unspecified atom stereocenters. The summed E-state index contributed by atoms with van der Waals surface area (Å²) < 4.78 is 40.3. The number of pyridine rings is 1. The van der Waals surface area contributed by atoms with Crippen LogP contribution in [-0.4, -0.2) is 44.5 Å². The van der Waals surface area contributed by atoms with Crippen molar-refractivity contribution >= 4 is 11.4 Å². The highest BCUT2D eigenvalue weighted by Gasteiger charge is 2.39. The zero-order chi connectivity index (χ0) is 17.5. The van der Waals surface area contributed by atoms with Crippen molar-refractivity contribution in [1.29, 1.82) is 0 Å². The number of nitrogens with zero attached hydrogens (tertiary/aromatic N) is 3. The lowest BCUT2D eigenvalue weighted by atomic mass is 9.92. The Hall–Kier alpha value is -2.09. The van der Waals surface area contributed by atoms with E-state index in [9.17, 15) is 23.1 Å². The number of carbonyl (C=O) groups excluding carboxylic acids is 1. The number of carbonyl (C=O) groups is 1. The number of aliphatic hydroxyl groups excluding tert-OH is 1. The number of hydrogen-bond acceptors (Lipinski definition) is 3. The Morgan fingerprint density at radius 2 is 2.00 bits per heavy atom.